The van der Waals surface area contributed by atoms with Crippen LogP contribution >= 0.6 is 12.2 Å². The molecule has 1 aliphatic heterocycles. The van der Waals surface area contributed by atoms with E-state index in [1.54, 1.807) is 0 Å². The molecule has 0 aromatic heterocycles. The number of carbonyl (C=O) groups is 1. The van der Waals surface area contributed by atoms with E-state index in [1.807, 2.05) is 0 Å². The van der Waals surface area contributed by atoms with Crippen LogP contribution < -0.4 is 5.32 Å². The molecule has 0 spiro atoms. The van der Waals surface area contributed by atoms with E-state index < -0.39 is 0 Å². The van der Waals surface area contributed by atoms with Crippen molar-refractivity contribution in [3.8, 4) is 0 Å². The van der Waals surface area contributed by atoms with Crippen LogP contribution in [-0.2, 0) is 9.53 Å². The molecule has 4 saturated carbocycles. The van der Waals surface area contributed by atoms with E-state index in [-0.39, 0.29) is 5.91 Å². The Morgan fingerprint density at radius 3 is 2.18 bits per heavy atom. The number of nitrogens with one attached hydrogen (secondary N) is 1. The molecule has 5 rings (SSSR count). The normalized spacial score (nSPS) is 39.8. The topological polar surface area (TPSA) is 41.6 Å². The van der Waals surface area contributed by atoms with Crippen molar-refractivity contribution in [3.63, 3.8) is 0 Å². The molecule has 4 bridgehead atoms. The predicted octanol–water partition coefficient (Wildman–Crippen LogP) is 2.33. The van der Waals surface area contributed by atoms with E-state index >= 15 is 0 Å². The number of ether oxygens (including phenoxy) is 1. The molecule has 5 aliphatic rings. The number of thiocarbonyl (C=S) groups is 1. The number of amides is 1. The van der Waals surface area contributed by atoms with Crippen molar-refractivity contribution >= 4 is 23.2 Å². The zero-order valence-corrected chi connectivity index (χ0v) is 14.0. The molecule has 0 aromatic carbocycles. The first kappa shape index (κ1) is 14.9. The van der Waals surface area contributed by atoms with E-state index in [4.69, 9.17) is 17.0 Å². The molecule has 1 saturated heterocycles. The maximum atomic E-state index is 12.5. The maximum Gasteiger partial charge on any atom is 0.226 e. The maximum absolute atomic E-state index is 12.5. The van der Waals surface area contributed by atoms with Crippen LogP contribution in [0.4, 0.5) is 0 Å². The van der Waals surface area contributed by atoms with Crippen LogP contribution in [0.2, 0.25) is 0 Å². The van der Waals surface area contributed by atoms with Crippen LogP contribution in [0.3, 0.4) is 0 Å². The van der Waals surface area contributed by atoms with Crippen LogP contribution in [-0.4, -0.2) is 42.2 Å². The summed E-state index contributed by atoms with van der Waals surface area (Å²) in [4.78, 5) is 14.6. The molecule has 0 radical (unpaired) electrons. The zero-order chi connectivity index (χ0) is 15.2. The summed E-state index contributed by atoms with van der Waals surface area (Å²) >= 11 is 5.40. The fourth-order valence-corrected chi connectivity index (χ4v) is 6.15. The molecule has 1 N–H and O–H groups in total. The van der Waals surface area contributed by atoms with Crippen LogP contribution in [0.15, 0.2) is 0 Å². The van der Waals surface area contributed by atoms with Crippen molar-refractivity contribution in [2.24, 2.45) is 23.2 Å². The molecule has 5 fully saturated rings. The highest BCUT2D eigenvalue weighted by Crippen LogP contribution is 2.61. The third kappa shape index (κ3) is 2.90. The van der Waals surface area contributed by atoms with Crippen molar-refractivity contribution in [2.75, 3.05) is 26.3 Å². The van der Waals surface area contributed by atoms with Gasteiger partial charge in [0.2, 0.25) is 5.91 Å². The Labute approximate surface area is 137 Å². The predicted molar refractivity (Wildman–Crippen MR) is 88.4 cm³/mol. The van der Waals surface area contributed by atoms with Crippen molar-refractivity contribution < 1.29 is 9.53 Å². The minimum absolute atomic E-state index is 0.137. The summed E-state index contributed by atoms with van der Waals surface area (Å²) in [5.41, 5.74) is 0.291. The lowest BCUT2D eigenvalue weighted by atomic mass is 9.49. The van der Waals surface area contributed by atoms with E-state index in [9.17, 15) is 4.79 Å². The summed E-state index contributed by atoms with van der Waals surface area (Å²) in [7, 11) is 0. The van der Waals surface area contributed by atoms with Gasteiger partial charge in [-0.1, -0.05) is 0 Å². The monoisotopic (exact) mass is 322 g/mol. The summed E-state index contributed by atoms with van der Waals surface area (Å²) < 4.78 is 5.33. The summed E-state index contributed by atoms with van der Waals surface area (Å²) in [6.45, 7) is 2.98. The lowest BCUT2D eigenvalue weighted by Gasteiger charge is -2.56. The molecule has 22 heavy (non-hydrogen) atoms. The van der Waals surface area contributed by atoms with E-state index in [2.05, 4.69) is 10.2 Å². The number of hydrogen-bond donors (Lipinski definition) is 1. The highest BCUT2D eigenvalue weighted by molar-refractivity contribution is 7.80. The minimum Gasteiger partial charge on any atom is -0.378 e. The van der Waals surface area contributed by atoms with Gasteiger partial charge in [0, 0.05) is 19.5 Å². The molecule has 5 heteroatoms. The first-order chi connectivity index (χ1) is 10.6. The van der Waals surface area contributed by atoms with Gasteiger partial charge in [-0.2, -0.15) is 0 Å². The summed E-state index contributed by atoms with van der Waals surface area (Å²) in [6.07, 6.45) is 8.78. The highest BCUT2D eigenvalue weighted by atomic mass is 32.1. The van der Waals surface area contributed by atoms with Crippen molar-refractivity contribution in [1.82, 2.24) is 10.2 Å². The Morgan fingerprint density at radius 1 is 1.09 bits per heavy atom. The Morgan fingerprint density at radius 2 is 1.64 bits per heavy atom. The van der Waals surface area contributed by atoms with Gasteiger partial charge in [-0.3, -0.25) is 4.79 Å². The molecule has 4 aliphatic carbocycles. The largest absolute Gasteiger partial charge is 0.378 e. The molecular weight excluding hydrogens is 296 g/mol. The van der Waals surface area contributed by atoms with Gasteiger partial charge in [0.1, 0.15) is 0 Å². The highest BCUT2D eigenvalue weighted by Gasteiger charge is 2.51. The smallest absolute Gasteiger partial charge is 0.226 e. The molecule has 0 atom stereocenters. The average Bonchev–Trinajstić information content (AvgIpc) is 2.45. The summed E-state index contributed by atoms with van der Waals surface area (Å²) in [6, 6.07) is 0. The number of rotatable bonds is 2. The lowest BCUT2D eigenvalue weighted by Crippen LogP contribution is -2.51. The van der Waals surface area contributed by atoms with Gasteiger partial charge in [-0.05, 0) is 73.9 Å². The van der Waals surface area contributed by atoms with E-state index in [1.165, 1.54) is 38.5 Å². The first-order valence-corrected chi connectivity index (χ1v) is 9.19. The molecule has 1 amide bonds. The number of hydrogen-bond acceptors (Lipinski definition) is 3. The van der Waals surface area contributed by atoms with Crippen LogP contribution in [0, 0.1) is 23.2 Å². The van der Waals surface area contributed by atoms with Gasteiger partial charge in [0.25, 0.3) is 0 Å². The van der Waals surface area contributed by atoms with Crippen LogP contribution in [0.5, 0.6) is 0 Å². The second-order valence-corrected chi connectivity index (χ2v) is 8.43. The Bertz CT molecular complexity index is 438. The Kier molecular flexibility index (Phi) is 3.89. The average molecular weight is 322 g/mol. The number of carbonyl (C=O) groups excluding carboxylic acids is 1. The summed E-state index contributed by atoms with van der Waals surface area (Å²) in [5, 5.41) is 3.58. The number of nitrogens with zero attached hydrogens (tertiary/aromatic N) is 1. The van der Waals surface area contributed by atoms with Gasteiger partial charge in [-0.15, -0.1) is 0 Å². The quantitative estimate of drug-likeness (QED) is 0.792. The molecule has 1 heterocycles. The fourth-order valence-electron chi connectivity index (χ4n) is 5.86. The molecular formula is C17H26N2O2S. The molecule has 122 valence electrons. The van der Waals surface area contributed by atoms with Gasteiger partial charge in [-0.25, -0.2) is 0 Å². The Hall–Kier alpha value is -0.680. The van der Waals surface area contributed by atoms with Gasteiger partial charge < -0.3 is 15.0 Å². The van der Waals surface area contributed by atoms with Crippen molar-refractivity contribution in [1.29, 1.82) is 0 Å². The van der Waals surface area contributed by atoms with Crippen molar-refractivity contribution in [3.05, 3.63) is 0 Å². The van der Waals surface area contributed by atoms with Crippen LogP contribution in [0.1, 0.15) is 44.9 Å². The number of morpholine rings is 1. The van der Waals surface area contributed by atoms with Crippen molar-refractivity contribution in [2.45, 2.75) is 44.9 Å². The minimum atomic E-state index is 0.137. The third-order valence-corrected chi connectivity index (χ3v) is 6.61. The molecule has 0 aromatic rings. The van der Waals surface area contributed by atoms with Gasteiger partial charge in [0.05, 0.1) is 13.2 Å². The first-order valence-electron chi connectivity index (χ1n) is 8.78. The standard InChI is InChI=1S/C17H26N2O2S/c20-15(18-16(22)19-1-3-21-4-2-19)11-17-8-12-5-13(9-17)7-14(6-12)10-17/h12-14H,1-11H2,(H,18,20,22). The SMILES string of the molecule is O=C(CC12CC3CC(CC(C3)C1)C2)NC(=S)N1CCOCC1. The van der Waals surface area contributed by atoms with Crippen LogP contribution in [0.25, 0.3) is 0 Å². The molecule has 4 nitrogen and oxygen atoms in total. The second kappa shape index (κ2) is 5.75. The zero-order valence-electron chi connectivity index (χ0n) is 13.2. The molecule has 0 unspecified atom stereocenters. The van der Waals surface area contributed by atoms with Gasteiger partial charge >= 0.3 is 0 Å². The second-order valence-electron chi connectivity index (χ2n) is 8.05. The summed E-state index contributed by atoms with van der Waals surface area (Å²) in [5.74, 6) is 2.82. The third-order valence-electron chi connectivity index (χ3n) is 6.25. The van der Waals surface area contributed by atoms with E-state index in [0.717, 1.165) is 30.8 Å². The van der Waals surface area contributed by atoms with E-state index in [0.29, 0.717) is 30.2 Å². The Balaban J connectivity index is 1.35. The fraction of sp³-hybridized carbons (Fsp3) is 0.882. The lowest BCUT2D eigenvalue weighted by molar-refractivity contribution is -0.128. The van der Waals surface area contributed by atoms with Gasteiger partial charge in [0.15, 0.2) is 5.11 Å².